The Morgan fingerprint density at radius 3 is 2.33 bits per heavy atom. The number of primary amides is 1. The van der Waals surface area contributed by atoms with Crippen LogP contribution in [0, 0.1) is 0 Å². The van der Waals surface area contributed by atoms with Gasteiger partial charge in [-0.25, -0.2) is 13.1 Å². The van der Waals surface area contributed by atoms with Crippen LogP contribution in [-0.2, 0) is 10.0 Å². The number of benzene rings is 2. The Bertz CT molecular complexity index is 950. The average molecular weight is 433 g/mol. The number of carbonyl (C=O) groups excluding carboxylic acids is 1. The van der Waals surface area contributed by atoms with Crippen LogP contribution in [0.3, 0.4) is 0 Å². The van der Waals surface area contributed by atoms with Crippen molar-refractivity contribution in [1.82, 2.24) is 4.72 Å². The summed E-state index contributed by atoms with van der Waals surface area (Å²) in [5.74, 6) is -0.337. The lowest BCUT2D eigenvalue weighted by Gasteiger charge is -2.17. The summed E-state index contributed by atoms with van der Waals surface area (Å²) in [6, 6.07) is 8.06. The first-order chi connectivity index (χ1) is 12.6. The molecule has 3 N–H and O–H groups in total. The minimum atomic E-state index is -3.91. The number of nitrogens with two attached hydrogens (primary N) is 1. The van der Waals surface area contributed by atoms with E-state index >= 15 is 0 Å². The molecule has 2 rings (SSSR count). The van der Waals surface area contributed by atoms with E-state index in [1.165, 1.54) is 43.5 Å². The van der Waals surface area contributed by atoms with Crippen LogP contribution in [-0.4, -0.2) is 34.1 Å². The maximum absolute atomic E-state index is 12.6. The standard InChI is InChI=1S/C17H18Cl2N2O5S/c1-10(9-26-14-5-3-11(18)7-13(14)17(20)22)21-27(23,24)16-8-12(19)4-6-15(16)25-2/h3-8,10,21H,9H2,1-2H3,(H2,20,22)/t10-/m0/s1. The van der Waals surface area contributed by atoms with Crippen molar-refractivity contribution in [3.63, 3.8) is 0 Å². The fourth-order valence-corrected chi connectivity index (χ4v) is 4.09. The molecular weight excluding hydrogens is 415 g/mol. The third kappa shape index (κ3) is 5.49. The summed E-state index contributed by atoms with van der Waals surface area (Å²) in [5.41, 5.74) is 5.40. The second-order valence-corrected chi connectivity index (χ2v) is 8.19. The first-order valence-corrected chi connectivity index (χ1v) is 9.96. The molecule has 146 valence electrons. The fourth-order valence-electron chi connectivity index (χ4n) is 2.26. The lowest BCUT2D eigenvalue weighted by Crippen LogP contribution is -2.37. The number of sulfonamides is 1. The Kier molecular flexibility index (Phi) is 6.94. The van der Waals surface area contributed by atoms with Crippen molar-refractivity contribution in [2.75, 3.05) is 13.7 Å². The molecule has 7 nitrogen and oxygen atoms in total. The molecule has 0 heterocycles. The van der Waals surface area contributed by atoms with E-state index < -0.39 is 22.0 Å². The Hall–Kier alpha value is -2.00. The number of carbonyl (C=O) groups is 1. The molecule has 0 unspecified atom stereocenters. The van der Waals surface area contributed by atoms with Gasteiger partial charge in [-0.05, 0) is 43.3 Å². The summed E-state index contributed by atoms with van der Waals surface area (Å²) >= 11 is 11.7. The summed E-state index contributed by atoms with van der Waals surface area (Å²) < 4.78 is 38.3. The highest BCUT2D eigenvalue weighted by molar-refractivity contribution is 7.89. The van der Waals surface area contributed by atoms with Gasteiger partial charge in [0, 0.05) is 10.0 Å². The zero-order chi connectivity index (χ0) is 20.2. The van der Waals surface area contributed by atoms with Crippen LogP contribution in [0.4, 0.5) is 0 Å². The van der Waals surface area contributed by atoms with Gasteiger partial charge < -0.3 is 15.2 Å². The number of amides is 1. The lowest BCUT2D eigenvalue weighted by molar-refractivity contribution is 0.0996. The number of rotatable bonds is 8. The molecule has 1 atom stereocenters. The fraction of sp³-hybridized carbons (Fsp3) is 0.235. The number of hydrogen-bond acceptors (Lipinski definition) is 5. The highest BCUT2D eigenvalue weighted by atomic mass is 35.5. The number of hydrogen-bond donors (Lipinski definition) is 2. The SMILES string of the molecule is COc1ccc(Cl)cc1S(=O)(=O)N[C@@H](C)COc1ccc(Cl)cc1C(N)=O. The zero-order valence-electron chi connectivity index (χ0n) is 14.5. The second kappa shape index (κ2) is 8.79. The Morgan fingerprint density at radius 1 is 1.15 bits per heavy atom. The summed E-state index contributed by atoms with van der Waals surface area (Å²) in [5, 5.41) is 0.588. The van der Waals surface area contributed by atoms with Crippen molar-refractivity contribution in [1.29, 1.82) is 0 Å². The van der Waals surface area contributed by atoms with Crippen LogP contribution in [0.25, 0.3) is 0 Å². The first kappa shape index (κ1) is 21.3. The van der Waals surface area contributed by atoms with Gasteiger partial charge in [0.25, 0.3) is 5.91 Å². The molecule has 10 heteroatoms. The van der Waals surface area contributed by atoms with Crippen molar-refractivity contribution in [3.05, 3.63) is 52.0 Å². The molecule has 1 amide bonds. The average Bonchev–Trinajstić information content (AvgIpc) is 2.60. The minimum absolute atomic E-state index is 0.0516. The molecule has 0 aliphatic carbocycles. The van der Waals surface area contributed by atoms with Gasteiger partial charge in [0.05, 0.1) is 18.7 Å². The molecule has 0 saturated carbocycles. The maximum atomic E-state index is 12.6. The number of methoxy groups -OCH3 is 1. The van der Waals surface area contributed by atoms with Crippen molar-refractivity contribution in [2.45, 2.75) is 17.9 Å². The smallest absolute Gasteiger partial charge is 0.252 e. The van der Waals surface area contributed by atoms with E-state index in [1.54, 1.807) is 6.92 Å². The van der Waals surface area contributed by atoms with Crippen molar-refractivity contribution >= 4 is 39.1 Å². The topological polar surface area (TPSA) is 108 Å². The number of nitrogens with one attached hydrogen (secondary N) is 1. The van der Waals surface area contributed by atoms with Gasteiger partial charge >= 0.3 is 0 Å². The molecule has 0 spiro atoms. The van der Waals surface area contributed by atoms with Crippen LogP contribution in [0.15, 0.2) is 41.3 Å². The predicted octanol–water partition coefficient (Wildman–Crippen LogP) is 2.85. The zero-order valence-corrected chi connectivity index (χ0v) is 16.9. The Morgan fingerprint density at radius 2 is 1.74 bits per heavy atom. The van der Waals surface area contributed by atoms with E-state index in [-0.39, 0.29) is 33.6 Å². The van der Waals surface area contributed by atoms with Crippen molar-refractivity contribution in [3.8, 4) is 11.5 Å². The third-order valence-electron chi connectivity index (χ3n) is 3.47. The molecule has 0 aliphatic rings. The van der Waals surface area contributed by atoms with Crippen LogP contribution >= 0.6 is 23.2 Å². The van der Waals surface area contributed by atoms with Gasteiger partial charge in [0.2, 0.25) is 10.0 Å². The second-order valence-electron chi connectivity index (χ2n) is 5.63. The van der Waals surface area contributed by atoms with Crippen LogP contribution < -0.4 is 19.9 Å². The highest BCUT2D eigenvalue weighted by Gasteiger charge is 2.23. The van der Waals surface area contributed by atoms with Gasteiger partial charge in [-0.2, -0.15) is 0 Å². The number of halogens is 2. The molecule has 0 radical (unpaired) electrons. The summed E-state index contributed by atoms with van der Waals surface area (Å²) in [7, 11) is -2.55. The molecule has 2 aromatic rings. The van der Waals surface area contributed by atoms with Gasteiger partial charge in [0.15, 0.2) is 0 Å². The van der Waals surface area contributed by atoms with E-state index in [2.05, 4.69) is 4.72 Å². The van der Waals surface area contributed by atoms with Crippen LogP contribution in [0.2, 0.25) is 10.0 Å². The van der Waals surface area contributed by atoms with Gasteiger partial charge in [0.1, 0.15) is 23.0 Å². The predicted molar refractivity (Wildman–Crippen MR) is 103 cm³/mol. The summed E-state index contributed by atoms with van der Waals surface area (Å²) in [6.07, 6.45) is 0. The molecule has 27 heavy (non-hydrogen) atoms. The monoisotopic (exact) mass is 432 g/mol. The van der Waals surface area contributed by atoms with E-state index in [4.69, 9.17) is 38.4 Å². The molecule has 0 bridgehead atoms. The first-order valence-electron chi connectivity index (χ1n) is 7.72. The van der Waals surface area contributed by atoms with E-state index in [9.17, 15) is 13.2 Å². The highest BCUT2D eigenvalue weighted by Crippen LogP contribution is 2.27. The molecular formula is C17H18Cl2N2O5S. The lowest BCUT2D eigenvalue weighted by atomic mass is 10.2. The normalized spacial score (nSPS) is 12.4. The maximum Gasteiger partial charge on any atom is 0.252 e. The van der Waals surface area contributed by atoms with Gasteiger partial charge in [-0.1, -0.05) is 23.2 Å². The quantitative estimate of drug-likeness (QED) is 0.666. The third-order valence-corrected chi connectivity index (χ3v) is 5.55. The van der Waals surface area contributed by atoms with E-state index in [1.807, 2.05) is 0 Å². The van der Waals surface area contributed by atoms with Crippen molar-refractivity contribution in [2.24, 2.45) is 5.73 Å². The summed E-state index contributed by atoms with van der Waals surface area (Å²) in [6.45, 7) is 1.55. The van der Waals surface area contributed by atoms with Crippen molar-refractivity contribution < 1.29 is 22.7 Å². The molecule has 0 saturated heterocycles. The summed E-state index contributed by atoms with van der Waals surface area (Å²) in [4.78, 5) is 11.4. The van der Waals surface area contributed by atoms with Crippen LogP contribution in [0.1, 0.15) is 17.3 Å². The van der Waals surface area contributed by atoms with Crippen LogP contribution in [0.5, 0.6) is 11.5 Å². The van der Waals surface area contributed by atoms with Gasteiger partial charge in [-0.3, -0.25) is 4.79 Å². The number of ether oxygens (including phenoxy) is 2. The molecule has 0 fully saturated rings. The Labute approximate surface area is 167 Å². The largest absolute Gasteiger partial charge is 0.495 e. The molecule has 0 aromatic heterocycles. The minimum Gasteiger partial charge on any atom is -0.495 e. The Balaban J connectivity index is 2.13. The van der Waals surface area contributed by atoms with E-state index in [0.29, 0.717) is 5.02 Å². The van der Waals surface area contributed by atoms with E-state index in [0.717, 1.165) is 0 Å². The van der Waals surface area contributed by atoms with Gasteiger partial charge in [-0.15, -0.1) is 0 Å². The molecule has 0 aliphatic heterocycles. The molecule has 2 aromatic carbocycles.